The number of halogens is 6. The van der Waals surface area contributed by atoms with Gasteiger partial charge < -0.3 is 9.80 Å². The SMILES string of the molecule is Cc1ccc(C#CC(=O)N2CCN(c3cc(C(F)(F)F)ccc3C(F)(F)F)CC2)cc1. The summed E-state index contributed by atoms with van der Waals surface area (Å²) in [6, 6.07) is 8.60. The molecule has 0 spiro atoms. The van der Waals surface area contributed by atoms with Gasteiger partial charge in [-0.15, -0.1) is 0 Å². The Kier molecular flexibility index (Phi) is 6.20. The van der Waals surface area contributed by atoms with E-state index in [1.165, 1.54) is 9.80 Å². The summed E-state index contributed by atoms with van der Waals surface area (Å²) < 4.78 is 79.0. The van der Waals surface area contributed by atoms with Crippen LogP contribution in [0.3, 0.4) is 0 Å². The molecule has 0 bridgehead atoms. The normalized spacial score (nSPS) is 14.8. The minimum absolute atomic E-state index is 0.0393. The van der Waals surface area contributed by atoms with E-state index in [0.29, 0.717) is 23.8 Å². The van der Waals surface area contributed by atoms with Gasteiger partial charge in [0.25, 0.3) is 5.91 Å². The van der Waals surface area contributed by atoms with Crippen LogP contribution in [0.4, 0.5) is 32.0 Å². The number of amides is 1. The molecule has 3 rings (SSSR count). The molecule has 164 valence electrons. The van der Waals surface area contributed by atoms with Gasteiger partial charge in [-0.25, -0.2) is 0 Å². The summed E-state index contributed by atoms with van der Waals surface area (Å²) in [5.74, 6) is 4.75. The van der Waals surface area contributed by atoms with Gasteiger partial charge in [0.1, 0.15) is 0 Å². The zero-order valence-corrected chi connectivity index (χ0v) is 16.4. The third-order valence-electron chi connectivity index (χ3n) is 4.90. The highest BCUT2D eigenvalue weighted by molar-refractivity contribution is 5.94. The highest BCUT2D eigenvalue weighted by Crippen LogP contribution is 2.40. The van der Waals surface area contributed by atoms with Crippen molar-refractivity contribution in [3.63, 3.8) is 0 Å². The first-order chi connectivity index (χ1) is 14.4. The van der Waals surface area contributed by atoms with Crippen molar-refractivity contribution in [3.05, 3.63) is 64.7 Å². The molecule has 1 heterocycles. The third-order valence-corrected chi connectivity index (χ3v) is 4.90. The molecule has 31 heavy (non-hydrogen) atoms. The molecule has 1 amide bonds. The number of aryl methyl sites for hydroxylation is 1. The minimum atomic E-state index is -4.80. The summed E-state index contributed by atoms with van der Waals surface area (Å²) in [5, 5.41) is 0. The van der Waals surface area contributed by atoms with Crippen LogP contribution in [0.2, 0.25) is 0 Å². The Hall–Kier alpha value is -3.15. The van der Waals surface area contributed by atoms with Gasteiger partial charge in [0.15, 0.2) is 0 Å². The van der Waals surface area contributed by atoms with E-state index in [1.807, 2.05) is 19.1 Å². The van der Waals surface area contributed by atoms with Crippen molar-refractivity contribution >= 4 is 11.6 Å². The largest absolute Gasteiger partial charge is 0.418 e. The highest BCUT2D eigenvalue weighted by atomic mass is 19.4. The maximum Gasteiger partial charge on any atom is 0.418 e. The predicted octanol–water partition coefficient (Wildman–Crippen LogP) is 4.73. The Morgan fingerprint density at radius 3 is 2.03 bits per heavy atom. The Morgan fingerprint density at radius 1 is 0.871 bits per heavy atom. The summed E-state index contributed by atoms with van der Waals surface area (Å²) in [6.45, 7) is 1.94. The number of benzene rings is 2. The quantitative estimate of drug-likeness (QED) is 0.473. The minimum Gasteiger partial charge on any atom is -0.367 e. The van der Waals surface area contributed by atoms with Gasteiger partial charge in [-0.3, -0.25) is 4.79 Å². The first kappa shape index (κ1) is 22.5. The molecule has 0 N–H and O–H groups in total. The van der Waals surface area contributed by atoms with Crippen LogP contribution in [-0.4, -0.2) is 37.0 Å². The molecule has 0 saturated carbocycles. The summed E-state index contributed by atoms with van der Waals surface area (Å²) in [6.07, 6.45) is -9.56. The molecule has 9 heteroatoms. The van der Waals surface area contributed by atoms with Gasteiger partial charge in [0, 0.05) is 43.4 Å². The van der Waals surface area contributed by atoms with Gasteiger partial charge in [-0.2, -0.15) is 26.3 Å². The zero-order valence-electron chi connectivity index (χ0n) is 16.4. The number of alkyl halides is 6. The van der Waals surface area contributed by atoms with E-state index in [4.69, 9.17) is 0 Å². The van der Waals surface area contributed by atoms with Crippen molar-refractivity contribution in [2.24, 2.45) is 0 Å². The number of rotatable bonds is 1. The predicted molar refractivity (Wildman–Crippen MR) is 103 cm³/mol. The fourth-order valence-corrected chi connectivity index (χ4v) is 3.20. The van der Waals surface area contributed by atoms with E-state index in [2.05, 4.69) is 11.8 Å². The molecular weight excluding hydrogens is 422 g/mol. The molecular formula is C22H18F6N2O. The molecule has 1 aliphatic heterocycles. The first-order valence-electron chi connectivity index (χ1n) is 9.36. The number of hydrogen-bond acceptors (Lipinski definition) is 2. The van der Waals surface area contributed by atoms with Crippen LogP contribution in [0.15, 0.2) is 42.5 Å². The molecule has 0 aliphatic carbocycles. The molecule has 2 aromatic carbocycles. The first-order valence-corrected chi connectivity index (χ1v) is 9.36. The van der Waals surface area contributed by atoms with E-state index in [-0.39, 0.29) is 26.2 Å². The lowest BCUT2D eigenvalue weighted by Crippen LogP contribution is -2.49. The lowest BCUT2D eigenvalue weighted by molar-refractivity contribution is -0.141. The van der Waals surface area contributed by atoms with Gasteiger partial charge in [-0.1, -0.05) is 23.6 Å². The van der Waals surface area contributed by atoms with Crippen LogP contribution in [0.25, 0.3) is 0 Å². The Bertz CT molecular complexity index is 1010. The van der Waals surface area contributed by atoms with Crippen molar-refractivity contribution in [1.82, 2.24) is 4.90 Å². The standard InChI is InChI=1S/C22H18F6N2O/c1-15-2-4-16(5-3-15)6-9-20(31)30-12-10-29(11-13-30)19-14-17(21(23,24)25)7-8-18(19)22(26,27)28/h2-5,7-8,14H,10-13H2,1H3. The number of piperazine rings is 1. The van der Waals surface area contributed by atoms with Crippen LogP contribution < -0.4 is 4.90 Å². The average molecular weight is 440 g/mol. The zero-order chi connectivity index (χ0) is 22.8. The van der Waals surface area contributed by atoms with E-state index in [9.17, 15) is 31.1 Å². The Labute approximate surface area is 175 Å². The monoisotopic (exact) mass is 440 g/mol. The topological polar surface area (TPSA) is 23.6 Å². The molecule has 0 radical (unpaired) electrons. The average Bonchev–Trinajstić information content (AvgIpc) is 2.71. The van der Waals surface area contributed by atoms with Gasteiger partial charge in [-0.05, 0) is 37.3 Å². The van der Waals surface area contributed by atoms with E-state index >= 15 is 0 Å². The van der Waals surface area contributed by atoms with Crippen LogP contribution in [0.5, 0.6) is 0 Å². The van der Waals surface area contributed by atoms with Gasteiger partial charge in [0.05, 0.1) is 11.1 Å². The molecule has 0 aromatic heterocycles. The van der Waals surface area contributed by atoms with Crippen molar-refractivity contribution in [1.29, 1.82) is 0 Å². The molecule has 1 aliphatic rings. The maximum atomic E-state index is 13.3. The number of carbonyl (C=O) groups excluding carboxylic acids is 1. The van der Waals surface area contributed by atoms with Crippen molar-refractivity contribution < 1.29 is 31.1 Å². The van der Waals surface area contributed by atoms with Gasteiger partial charge >= 0.3 is 12.4 Å². The Balaban J connectivity index is 1.74. The fraction of sp³-hybridized carbons (Fsp3) is 0.318. The van der Waals surface area contributed by atoms with E-state index in [1.54, 1.807) is 12.1 Å². The maximum absolute atomic E-state index is 13.3. The number of nitrogens with zero attached hydrogens (tertiary/aromatic N) is 2. The number of carbonyl (C=O) groups is 1. The second-order valence-electron chi connectivity index (χ2n) is 7.12. The van der Waals surface area contributed by atoms with Crippen molar-refractivity contribution in [3.8, 4) is 11.8 Å². The fourth-order valence-electron chi connectivity index (χ4n) is 3.20. The number of anilines is 1. The van der Waals surface area contributed by atoms with Crippen LogP contribution in [0.1, 0.15) is 22.3 Å². The summed E-state index contributed by atoms with van der Waals surface area (Å²) in [5.41, 5.74) is -1.14. The van der Waals surface area contributed by atoms with Crippen LogP contribution in [0, 0.1) is 18.8 Å². The number of hydrogen-bond donors (Lipinski definition) is 0. The van der Waals surface area contributed by atoms with E-state index < -0.39 is 35.1 Å². The summed E-state index contributed by atoms with van der Waals surface area (Å²) in [4.78, 5) is 14.9. The van der Waals surface area contributed by atoms with Crippen LogP contribution >= 0.6 is 0 Å². The lowest BCUT2D eigenvalue weighted by atomic mass is 10.1. The second kappa shape index (κ2) is 8.53. The van der Waals surface area contributed by atoms with Crippen molar-refractivity contribution in [2.75, 3.05) is 31.1 Å². The summed E-state index contributed by atoms with van der Waals surface area (Å²) in [7, 11) is 0. The molecule has 3 nitrogen and oxygen atoms in total. The smallest absolute Gasteiger partial charge is 0.367 e. The molecule has 0 unspecified atom stereocenters. The van der Waals surface area contributed by atoms with E-state index in [0.717, 1.165) is 5.56 Å². The molecule has 0 atom stereocenters. The molecule has 2 aromatic rings. The van der Waals surface area contributed by atoms with Crippen LogP contribution in [-0.2, 0) is 17.1 Å². The van der Waals surface area contributed by atoms with Gasteiger partial charge in [0.2, 0.25) is 0 Å². The summed E-state index contributed by atoms with van der Waals surface area (Å²) >= 11 is 0. The lowest BCUT2D eigenvalue weighted by Gasteiger charge is -2.36. The molecule has 1 fully saturated rings. The second-order valence-corrected chi connectivity index (χ2v) is 7.12. The third kappa shape index (κ3) is 5.51. The van der Waals surface area contributed by atoms with Crippen molar-refractivity contribution in [2.45, 2.75) is 19.3 Å². The Morgan fingerprint density at radius 2 is 1.48 bits per heavy atom. The molecule has 1 saturated heterocycles. The highest BCUT2D eigenvalue weighted by Gasteiger charge is 2.39.